The van der Waals surface area contributed by atoms with E-state index < -0.39 is 0 Å². The van der Waals surface area contributed by atoms with Crippen LogP contribution in [0.25, 0.3) is 0 Å². The Morgan fingerprint density at radius 2 is 2.50 bits per heavy atom. The minimum Gasteiger partial charge on any atom is -0.381 e. The number of ether oxygens (including phenoxy) is 1. The Morgan fingerprint density at radius 3 is 3.10 bits per heavy atom. The fourth-order valence-electron chi connectivity index (χ4n) is 1.25. The van der Waals surface area contributed by atoms with Gasteiger partial charge in [0.15, 0.2) is 0 Å². The maximum absolute atomic E-state index is 5.33. The van der Waals surface area contributed by atoms with Crippen LogP contribution in [0.15, 0.2) is 12.2 Å². The molecule has 10 heavy (non-hydrogen) atoms. The van der Waals surface area contributed by atoms with Crippen LogP contribution in [-0.4, -0.2) is 13.2 Å². The zero-order chi connectivity index (χ0) is 7.23. The molecule has 0 N–H and O–H groups in total. The molecule has 1 aliphatic heterocycles. The summed E-state index contributed by atoms with van der Waals surface area (Å²) in [5.74, 6) is 0.702. The van der Waals surface area contributed by atoms with Crippen LogP contribution < -0.4 is 0 Å². The second-order valence-corrected chi connectivity index (χ2v) is 2.81. The van der Waals surface area contributed by atoms with Gasteiger partial charge >= 0.3 is 0 Å². The van der Waals surface area contributed by atoms with Crippen molar-refractivity contribution in [2.75, 3.05) is 13.2 Å². The van der Waals surface area contributed by atoms with Gasteiger partial charge in [-0.1, -0.05) is 19.1 Å². The second kappa shape index (κ2) is 4.51. The highest BCUT2D eigenvalue weighted by molar-refractivity contribution is 4.88. The molecule has 0 aromatic rings. The van der Waals surface area contributed by atoms with Crippen LogP contribution in [-0.2, 0) is 4.74 Å². The van der Waals surface area contributed by atoms with Crippen molar-refractivity contribution < 1.29 is 4.74 Å². The van der Waals surface area contributed by atoms with Crippen LogP contribution in [0, 0.1) is 5.92 Å². The number of rotatable bonds is 2. The Hall–Kier alpha value is -0.300. The molecule has 1 heterocycles. The van der Waals surface area contributed by atoms with E-state index in [0.717, 1.165) is 19.6 Å². The van der Waals surface area contributed by atoms with E-state index in [2.05, 4.69) is 19.1 Å². The van der Waals surface area contributed by atoms with E-state index in [1.54, 1.807) is 0 Å². The third-order valence-corrected chi connectivity index (χ3v) is 1.84. The lowest BCUT2D eigenvalue weighted by atomic mass is 10.0. The Morgan fingerprint density at radius 1 is 1.60 bits per heavy atom. The highest BCUT2D eigenvalue weighted by Gasteiger charge is 2.09. The van der Waals surface area contributed by atoms with Crippen LogP contribution >= 0.6 is 0 Å². The molecule has 1 heteroatoms. The molecule has 1 saturated heterocycles. The molecule has 1 aliphatic rings. The minimum absolute atomic E-state index is 0.702. The van der Waals surface area contributed by atoms with Crippen molar-refractivity contribution >= 4 is 0 Å². The molecule has 0 spiro atoms. The standard InChI is InChI=1S/C9H16O/c1-2-3-5-9-6-4-7-10-8-9/h3,5,9H,2,4,6-8H2,1H3/b5-3+. The summed E-state index contributed by atoms with van der Waals surface area (Å²) in [4.78, 5) is 0. The molecule has 1 atom stereocenters. The molecule has 0 aliphatic carbocycles. The van der Waals surface area contributed by atoms with Crippen LogP contribution in [0.5, 0.6) is 0 Å². The van der Waals surface area contributed by atoms with Gasteiger partial charge < -0.3 is 4.74 Å². The summed E-state index contributed by atoms with van der Waals surface area (Å²) in [5.41, 5.74) is 0. The molecule has 0 bridgehead atoms. The molecule has 1 rings (SSSR count). The SMILES string of the molecule is CC/C=C/C1CCCOC1. The summed E-state index contributed by atoms with van der Waals surface area (Å²) in [5, 5.41) is 0. The molecule has 0 amide bonds. The zero-order valence-corrected chi connectivity index (χ0v) is 6.68. The van der Waals surface area contributed by atoms with Gasteiger partial charge in [0, 0.05) is 12.5 Å². The molecule has 1 nitrogen and oxygen atoms in total. The highest BCUT2D eigenvalue weighted by Crippen LogP contribution is 2.14. The first-order chi connectivity index (χ1) is 4.93. The fourth-order valence-corrected chi connectivity index (χ4v) is 1.25. The lowest BCUT2D eigenvalue weighted by Crippen LogP contribution is -2.14. The lowest BCUT2D eigenvalue weighted by Gasteiger charge is -2.18. The van der Waals surface area contributed by atoms with Gasteiger partial charge in [0.2, 0.25) is 0 Å². The van der Waals surface area contributed by atoms with E-state index in [0.29, 0.717) is 5.92 Å². The summed E-state index contributed by atoms with van der Waals surface area (Å²) in [6.45, 7) is 4.08. The van der Waals surface area contributed by atoms with Gasteiger partial charge in [0.25, 0.3) is 0 Å². The average Bonchev–Trinajstić information content (AvgIpc) is 2.03. The van der Waals surface area contributed by atoms with Crippen LogP contribution in [0.3, 0.4) is 0 Å². The van der Waals surface area contributed by atoms with E-state index in [-0.39, 0.29) is 0 Å². The van der Waals surface area contributed by atoms with Crippen molar-refractivity contribution in [1.82, 2.24) is 0 Å². The predicted molar refractivity (Wildman–Crippen MR) is 43.0 cm³/mol. The van der Waals surface area contributed by atoms with Crippen molar-refractivity contribution in [3.05, 3.63) is 12.2 Å². The van der Waals surface area contributed by atoms with E-state index >= 15 is 0 Å². The van der Waals surface area contributed by atoms with Gasteiger partial charge in [0.05, 0.1) is 6.61 Å². The van der Waals surface area contributed by atoms with Crippen molar-refractivity contribution in [3.63, 3.8) is 0 Å². The molecule has 0 radical (unpaired) electrons. The van der Waals surface area contributed by atoms with Crippen molar-refractivity contribution in [3.8, 4) is 0 Å². The Kier molecular flexibility index (Phi) is 3.52. The minimum atomic E-state index is 0.702. The van der Waals surface area contributed by atoms with Gasteiger partial charge in [0.1, 0.15) is 0 Å². The van der Waals surface area contributed by atoms with E-state index in [4.69, 9.17) is 4.74 Å². The molecule has 0 aromatic heterocycles. The molecule has 0 aromatic carbocycles. The van der Waals surface area contributed by atoms with Gasteiger partial charge in [-0.25, -0.2) is 0 Å². The first-order valence-corrected chi connectivity index (χ1v) is 4.18. The largest absolute Gasteiger partial charge is 0.381 e. The van der Waals surface area contributed by atoms with E-state index in [1.807, 2.05) is 0 Å². The number of allylic oxidation sites excluding steroid dienone is 1. The van der Waals surface area contributed by atoms with Gasteiger partial charge in [-0.05, 0) is 19.3 Å². The molecular weight excluding hydrogens is 124 g/mol. The Bertz CT molecular complexity index is 101. The Balaban J connectivity index is 2.19. The zero-order valence-electron chi connectivity index (χ0n) is 6.68. The number of hydrogen-bond donors (Lipinski definition) is 0. The molecule has 0 saturated carbocycles. The lowest BCUT2D eigenvalue weighted by molar-refractivity contribution is 0.0709. The van der Waals surface area contributed by atoms with Crippen molar-refractivity contribution in [2.45, 2.75) is 26.2 Å². The fraction of sp³-hybridized carbons (Fsp3) is 0.778. The summed E-state index contributed by atoms with van der Waals surface area (Å²) >= 11 is 0. The first kappa shape index (κ1) is 7.80. The molecule has 58 valence electrons. The summed E-state index contributed by atoms with van der Waals surface area (Å²) in [7, 11) is 0. The van der Waals surface area contributed by atoms with Crippen LogP contribution in [0.4, 0.5) is 0 Å². The molecule has 1 fully saturated rings. The van der Waals surface area contributed by atoms with Crippen molar-refractivity contribution in [1.29, 1.82) is 0 Å². The normalized spacial score (nSPS) is 27.5. The summed E-state index contributed by atoms with van der Waals surface area (Å²) in [6.07, 6.45) is 8.23. The molecule has 1 unspecified atom stereocenters. The van der Waals surface area contributed by atoms with Gasteiger partial charge in [-0.3, -0.25) is 0 Å². The van der Waals surface area contributed by atoms with Crippen LogP contribution in [0.1, 0.15) is 26.2 Å². The van der Waals surface area contributed by atoms with Crippen molar-refractivity contribution in [2.24, 2.45) is 5.92 Å². The first-order valence-electron chi connectivity index (χ1n) is 4.18. The Labute approximate surface area is 63.1 Å². The predicted octanol–water partition coefficient (Wildman–Crippen LogP) is 2.38. The topological polar surface area (TPSA) is 9.23 Å². The summed E-state index contributed by atoms with van der Waals surface area (Å²) in [6, 6.07) is 0. The second-order valence-electron chi connectivity index (χ2n) is 2.81. The van der Waals surface area contributed by atoms with E-state index in [1.165, 1.54) is 12.8 Å². The third kappa shape index (κ3) is 2.53. The van der Waals surface area contributed by atoms with Gasteiger partial charge in [-0.15, -0.1) is 0 Å². The van der Waals surface area contributed by atoms with E-state index in [9.17, 15) is 0 Å². The van der Waals surface area contributed by atoms with Crippen LogP contribution in [0.2, 0.25) is 0 Å². The molecular formula is C9H16O. The number of hydrogen-bond acceptors (Lipinski definition) is 1. The monoisotopic (exact) mass is 140 g/mol. The average molecular weight is 140 g/mol. The smallest absolute Gasteiger partial charge is 0.0528 e. The highest BCUT2D eigenvalue weighted by atomic mass is 16.5. The quantitative estimate of drug-likeness (QED) is 0.535. The summed E-state index contributed by atoms with van der Waals surface area (Å²) < 4.78 is 5.33. The maximum atomic E-state index is 5.33. The third-order valence-electron chi connectivity index (χ3n) is 1.84. The maximum Gasteiger partial charge on any atom is 0.0528 e. The van der Waals surface area contributed by atoms with Gasteiger partial charge in [-0.2, -0.15) is 0 Å².